The molecule has 0 aromatic heterocycles. The number of ether oxygens (including phenoxy) is 2. The molecule has 8 nitrogen and oxygen atoms in total. The van der Waals surface area contributed by atoms with Crippen LogP contribution in [-0.4, -0.2) is 61.3 Å². The Morgan fingerprint density at radius 2 is 1.45 bits per heavy atom. The number of carbonyl (C=O) groups excluding carboxylic acids is 3. The van der Waals surface area contributed by atoms with Crippen LogP contribution in [0.4, 0.5) is 0 Å². The van der Waals surface area contributed by atoms with Crippen molar-refractivity contribution in [2.75, 3.05) is 26.3 Å². The summed E-state index contributed by atoms with van der Waals surface area (Å²) in [5, 5.41) is 8.27. The number of amides is 3. The maximum atomic E-state index is 12.4. The average molecular weight is 440 g/mol. The van der Waals surface area contributed by atoms with Crippen molar-refractivity contribution in [1.82, 2.24) is 16.0 Å². The molecule has 31 heavy (non-hydrogen) atoms. The fraction of sp³-hybridized carbons (Fsp3) is 0.783. The van der Waals surface area contributed by atoms with E-state index < -0.39 is 17.2 Å². The number of terminal acetylenes is 1. The lowest BCUT2D eigenvalue weighted by Crippen LogP contribution is -2.48. The van der Waals surface area contributed by atoms with Crippen LogP contribution in [0.15, 0.2) is 0 Å². The molecule has 3 N–H and O–H groups in total. The summed E-state index contributed by atoms with van der Waals surface area (Å²) in [7, 11) is 0. The standard InChI is InChI=1S/C23H41N3O5/c1-8-14-25-21(29)18(26-20(28)17-23(6,7)31-10-3)13-11-12-15-24-19(27)16-22(4,5)30-9-2/h1,18H,9-17H2,2-7H3,(H,24,27)(H,25,29)(H,26,28)/t18-/m0/s1. The molecule has 3 amide bonds. The zero-order valence-corrected chi connectivity index (χ0v) is 20.1. The van der Waals surface area contributed by atoms with Gasteiger partial charge in [0.05, 0.1) is 30.6 Å². The molecule has 0 bridgehead atoms. The number of nitrogens with one attached hydrogen (secondary N) is 3. The van der Waals surface area contributed by atoms with E-state index in [2.05, 4.69) is 21.9 Å². The Kier molecular flexibility index (Phi) is 13.8. The van der Waals surface area contributed by atoms with E-state index in [-0.39, 0.29) is 37.1 Å². The van der Waals surface area contributed by atoms with Gasteiger partial charge in [-0.2, -0.15) is 0 Å². The molecule has 8 heteroatoms. The molecule has 0 heterocycles. The molecule has 178 valence electrons. The van der Waals surface area contributed by atoms with Crippen LogP contribution in [0.1, 0.15) is 73.6 Å². The van der Waals surface area contributed by atoms with E-state index in [1.54, 1.807) is 0 Å². The van der Waals surface area contributed by atoms with Crippen molar-refractivity contribution in [2.24, 2.45) is 0 Å². The van der Waals surface area contributed by atoms with Crippen molar-refractivity contribution in [3.8, 4) is 12.3 Å². The van der Waals surface area contributed by atoms with Gasteiger partial charge in [-0.05, 0) is 60.8 Å². The van der Waals surface area contributed by atoms with Gasteiger partial charge in [0, 0.05) is 19.8 Å². The van der Waals surface area contributed by atoms with Crippen LogP contribution in [0.2, 0.25) is 0 Å². The second-order valence-electron chi connectivity index (χ2n) is 8.63. The number of carbonyl (C=O) groups is 3. The van der Waals surface area contributed by atoms with E-state index >= 15 is 0 Å². The SMILES string of the molecule is C#CCNC(=O)[C@H](CCCCNC(=O)CC(C)(C)OCC)NC(=O)CC(C)(C)OCC. The van der Waals surface area contributed by atoms with Crippen LogP contribution in [0.3, 0.4) is 0 Å². The molecule has 0 unspecified atom stereocenters. The van der Waals surface area contributed by atoms with Gasteiger partial charge in [0.2, 0.25) is 17.7 Å². The molecular formula is C23H41N3O5. The molecule has 0 aliphatic rings. The Balaban J connectivity index is 4.56. The summed E-state index contributed by atoms with van der Waals surface area (Å²) in [6, 6.07) is -0.689. The quantitative estimate of drug-likeness (QED) is 0.252. The van der Waals surface area contributed by atoms with Crippen LogP contribution >= 0.6 is 0 Å². The van der Waals surface area contributed by atoms with Gasteiger partial charge in [-0.25, -0.2) is 0 Å². The third-order valence-corrected chi connectivity index (χ3v) is 4.50. The number of unbranched alkanes of at least 4 members (excludes halogenated alkanes) is 1. The minimum absolute atomic E-state index is 0.0757. The molecule has 0 radical (unpaired) electrons. The molecule has 0 rings (SSSR count). The minimum atomic E-state index is -0.689. The summed E-state index contributed by atoms with van der Waals surface area (Å²) in [6.45, 7) is 12.8. The Morgan fingerprint density at radius 1 is 0.903 bits per heavy atom. The monoisotopic (exact) mass is 439 g/mol. The van der Waals surface area contributed by atoms with Gasteiger partial charge in [-0.1, -0.05) is 5.92 Å². The Morgan fingerprint density at radius 3 is 1.97 bits per heavy atom. The first-order valence-corrected chi connectivity index (χ1v) is 11.0. The normalized spacial score (nSPS) is 12.5. The van der Waals surface area contributed by atoms with Crippen LogP contribution < -0.4 is 16.0 Å². The smallest absolute Gasteiger partial charge is 0.243 e. The second kappa shape index (κ2) is 14.8. The van der Waals surface area contributed by atoms with Gasteiger partial charge >= 0.3 is 0 Å². The van der Waals surface area contributed by atoms with Crippen LogP contribution in [-0.2, 0) is 23.9 Å². The highest BCUT2D eigenvalue weighted by molar-refractivity contribution is 5.88. The molecule has 0 spiro atoms. The van der Waals surface area contributed by atoms with E-state index in [0.717, 1.165) is 0 Å². The van der Waals surface area contributed by atoms with E-state index in [9.17, 15) is 14.4 Å². The van der Waals surface area contributed by atoms with Gasteiger partial charge in [0.15, 0.2) is 0 Å². The fourth-order valence-electron chi connectivity index (χ4n) is 3.20. The highest BCUT2D eigenvalue weighted by Crippen LogP contribution is 2.15. The molecule has 0 fully saturated rings. The third-order valence-electron chi connectivity index (χ3n) is 4.50. The Labute approximate surface area is 187 Å². The van der Waals surface area contributed by atoms with Gasteiger partial charge < -0.3 is 25.4 Å². The fourth-order valence-corrected chi connectivity index (χ4v) is 3.20. The van der Waals surface area contributed by atoms with Gasteiger partial charge in [-0.3, -0.25) is 14.4 Å². The summed E-state index contributed by atoms with van der Waals surface area (Å²) in [5.74, 6) is 1.70. The van der Waals surface area contributed by atoms with Crippen LogP contribution in [0.5, 0.6) is 0 Å². The molecule has 0 aliphatic carbocycles. The maximum Gasteiger partial charge on any atom is 0.243 e. The molecule has 1 atom stereocenters. The minimum Gasteiger partial charge on any atom is -0.375 e. The lowest BCUT2D eigenvalue weighted by molar-refractivity contribution is -0.132. The molecule has 0 aromatic rings. The van der Waals surface area contributed by atoms with Crippen molar-refractivity contribution in [1.29, 1.82) is 0 Å². The number of rotatable bonds is 16. The van der Waals surface area contributed by atoms with E-state index in [1.165, 1.54) is 0 Å². The van der Waals surface area contributed by atoms with Crippen molar-refractivity contribution >= 4 is 17.7 Å². The van der Waals surface area contributed by atoms with Gasteiger partial charge in [-0.15, -0.1) is 6.42 Å². The molecule has 0 saturated carbocycles. The predicted molar refractivity (Wildman–Crippen MR) is 121 cm³/mol. The molecule has 0 aliphatic heterocycles. The lowest BCUT2D eigenvalue weighted by Gasteiger charge is -2.25. The first-order chi connectivity index (χ1) is 14.5. The summed E-state index contributed by atoms with van der Waals surface area (Å²) >= 11 is 0. The maximum absolute atomic E-state index is 12.4. The summed E-state index contributed by atoms with van der Waals surface area (Å²) < 4.78 is 11.1. The van der Waals surface area contributed by atoms with Crippen molar-refractivity contribution in [3.05, 3.63) is 0 Å². The van der Waals surface area contributed by atoms with Crippen LogP contribution in [0, 0.1) is 12.3 Å². The number of hydrogen-bond acceptors (Lipinski definition) is 5. The largest absolute Gasteiger partial charge is 0.375 e. The lowest BCUT2D eigenvalue weighted by atomic mass is 10.0. The first kappa shape index (κ1) is 28.9. The van der Waals surface area contributed by atoms with Gasteiger partial charge in [0.25, 0.3) is 0 Å². The second-order valence-corrected chi connectivity index (χ2v) is 8.63. The predicted octanol–water partition coefficient (Wildman–Crippen LogP) is 1.92. The zero-order valence-electron chi connectivity index (χ0n) is 20.1. The summed E-state index contributed by atoms with van der Waals surface area (Å²) in [6.07, 6.45) is 7.41. The average Bonchev–Trinajstić information content (AvgIpc) is 2.63. The van der Waals surface area contributed by atoms with E-state index in [0.29, 0.717) is 39.0 Å². The highest BCUT2D eigenvalue weighted by atomic mass is 16.5. The van der Waals surface area contributed by atoms with Crippen molar-refractivity contribution in [2.45, 2.75) is 90.9 Å². The topological polar surface area (TPSA) is 106 Å². The number of hydrogen-bond donors (Lipinski definition) is 3. The van der Waals surface area contributed by atoms with Crippen molar-refractivity contribution in [3.63, 3.8) is 0 Å². The van der Waals surface area contributed by atoms with Crippen molar-refractivity contribution < 1.29 is 23.9 Å². The molecule has 0 saturated heterocycles. The summed E-state index contributed by atoms with van der Waals surface area (Å²) in [4.78, 5) is 36.8. The van der Waals surface area contributed by atoms with E-state index in [4.69, 9.17) is 15.9 Å². The highest BCUT2D eigenvalue weighted by Gasteiger charge is 2.26. The molecular weight excluding hydrogens is 398 g/mol. The first-order valence-electron chi connectivity index (χ1n) is 11.0. The van der Waals surface area contributed by atoms with E-state index in [1.807, 2.05) is 41.5 Å². The zero-order chi connectivity index (χ0) is 23.9. The summed E-state index contributed by atoms with van der Waals surface area (Å²) in [5.41, 5.74) is -1.11. The Bertz CT molecular complexity index is 611. The van der Waals surface area contributed by atoms with Crippen LogP contribution in [0.25, 0.3) is 0 Å². The Hall–Kier alpha value is -2.11. The third kappa shape index (κ3) is 14.5. The van der Waals surface area contributed by atoms with Gasteiger partial charge in [0.1, 0.15) is 6.04 Å². The molecule has 0 aromatic carbocycles.